The third kappa shape index (κ3) is 2.09. The molecular weight excluding hydrogens is 174 g/mol. The highest BCUT2D eigenvalue weighted by Crippen LogP contribution is 2.15. The molecule has 0 saturated carbocycles. The average Bonchev–Trinajstić information content (AvgIpc) is 2.35. The fourth-order valence-corrected chi connectivity index (χ4v) is 1.13. The topological polar surface area (TPSA) is 43.8 Å². The van der Waals surface area contributed by atoms with E-state index in [9.17, 15) is 0 Å². The fraction of sp³-hybridized carbons (Fsp3) is 0.375. The standard InChI is InChI=1S/C8H12ClN3/c1-12-8(4-2-3-5-10)7(9)6-11-12/h2,4,6H,3,5,10H2,1H3/b4-2+. The van der Waals surface area contributed by atoms with Crippen molar-refractivity contribution in [2.75, 3.05) is 6.54 Å². The summed E-state index contributed by atoms with van der Waals surface area (Å²) in [7, 11) is 1.86. The van der Waals surface area contributed by atoms with Gasteiger partial charge in [-0.3, -0.25) is 4.68 Å². The first-order valence-corrected chi connectivity index (χ1v) is 4.17. The number of halogens is 1. The molecule has 4 heteroatoms. The van der Waals surface area contributed by atoms with Crippen LogP contribution in [0.3, 0.4) is 0 Å². The lowest BCUT2D eigenvalue weighted by Crippen LogP contribution is -1.96. The summed E-state index contributed by atoms with van der Waals surface area (Å²) < 4.78 is 1.73. The normalized spacial score (nSPS) is 11.2. The maximum Gasteiger partial charge on any atom is 0.0859 e. The minimum atomic E-state index is 0.659. The monoisotopic (exact) mass is 185 g/mol. The minimum Gasteiger partial charge on any atom is -0.330 e. The van der Waals surface area contributed by atoms with Gasteiger partial charge in [-0.25, -0.2) is 0 Å². The summed E-state index contributed by atoms with van der Waals surface area (Å²) in [6, 6.07) is 0. The van der Waals surface area contributed by atoms with E-state index in [4.69, 9.17) is 17.3 Å². The number of hydrogen-bond donors (Lipinski definition) is 1. The molecule has 0 amide bonds. The molecule has 0 aliphatic rings. The van der Waals surface area contributed by atoms with E-state index in [0.29, 0.717) is 11.6 Å². The van der Waals surface area contributed by atoms with Crippen molar-refractivity contribution >= 4 is 17.7 Å². The van der Waals surface area contributed by atoms with Crippen LogP contribution in [0.25, 0.3) is 6.08 Å². The molecule has 1 rings (SSSR count). The second-order valence-corrected chi connectivity index (χ2v) is 2.89. The Balaban J connectivity index is 2.73. The molecule has 0 bridgehead atoms. The lowest BCUT2D eigenvalue weighted by molar-refractivity contribution is 0.759. The molecule has 0 saturated heterocycles. The summed E-state index contributed by atoms with van der Waals surface area (Å²) >= 11 is 5.86. The van der Waals surface area contributed by atoms with Gasteiger partial charge >= 0.3 is 0 Å². The van der Waals surface area contributed by atoms with Gasteiger partial charge in [0.05, 0.1) is 16.9 Å². The van der Waals surface area contributed by atoms with Gasteiger partial charge in [0.2, 0.25) is 0 Å². The maximum atomic E-state index is 5.86. The highest BCUT2D eigenvalue weighted by atomic mass is 35.5. The molecule has 0 fully saturated rings. The van der Waals surface area contributed by atoms with E-state index in [1.165, 1.54) is 0 Å². The zero-order chi connectivity index (χ0) is 8.97. The molecule has 1 heterocycles. The summed E-state index contributed by atoms with van der Waals surface area (Å²) in [5.74, 6) is 0. The third-order valence-electron chi connectivity index (χ3n) is 1.55. The minimum absolute atomic E-state index is 0.659. The van der Waals surface area contributed by atoms with Gasteiger partial charge in [-0.15, -0.1) is 0 Å². The summed E-state index contributed by atoms with van der Waals surface area (Å²) in [5.41, 5.74) is 6.26. The fourth-order valence-electron chi connectivity index (χ4n) is 0.899. The number of nitrogens with zero attached hydrogens (tertiary/aromatic N) is 2. The van der Waals surface area contributed by atoms with Crippen LogP contribution in [0.5, 0.6) is 0 Å². The van der Waals surface area contributed by atoms with E-state index in [1.807, 2.05) is 19.2 Å². The quantitative estimate of drug-likeness (QED) is 0.775. The first-order valence-electron chi connectivity index (χ1n) is 3.80. The van der Waals surface area contributed by atoms with E-state index in [1.54, 1.807) is 10.9 Å². The summed E-state index contributed by atoms with van der Waals surface area (Å²) in [6.07, 6.45) is 6.41. The van der Waals surface area contributed by atoms with Crippen molar-refractivity contribution in [2.24, 2.45) is 12.8 Å². The van der Waals surface area contributed by atoms with Crippen molar-refractivity contribution in [3.63, 3.8) is 0 Å². The Kier molecular flexibility index (Phi) is 3.31. The van der Waals surface area contributed by atoms with E-state index in [0.717, 1.165) is 12.1 Å². The summed E-state index contributed by atoms with van der Waals surface area (Å²) in [4.78, 5) is 0. The van der Waals surface area contributed by atoms with Gasteiger partial charge in [-0.05, 0) is 19.0 Å². The number of rotatable bonds is 3. The zero-order valence-electron chi connectivity index (χ0n) is 7.00. The Morgan fingerprint density at radius 2 is 2.50 bits per heavy atom. The number of aryl methyl sites for hydroxylation is 1. The second kappa shape index (κ2) is 4.28. The average molecular weight is 186 g/mol. The van der Waals surface area contributed by atoms with E-state index >= 15 is 0 Å². The lowest BCUT2D eigenvalue weighted by atomic mass is 10.3. The van der Waals surface area contributed by atoms with Crippen molar-refractivity contribution in [1.29, 1.82) is 0 Å². The van der Waals surface area contributed by atoms with Crippen LogP contribution in [0.2, 0.25) is 5.02 Å². The van der Waals surface area contributed by atoms with Crippen molar-refractivity contribution in [3.05, 3.63) is 23.0 Å². The van der Waals surface area contributed by atoms with Crippen molar-refractivity contribution in [1.82, 2.24) is 9.78 Å². The van der Waals surface area contributed by atoms with Crippen molar-refractivity contribution in [2.45, 2.75) is 6.42 Å². The van der Waals surface area contributed by atoms with Crippen LogP contribution in [0.1, 0.15) is 12.1 Å². The van der Waals surface area contributed by atoms with E-state index in [-0.39, 0.29) is 0 Å². The van der Waals surface area contributed by atoms with Crippen LogP contribution in [0.15, 0.2) is 12.3 Å². The molecule has 1 aromatic rings. The van der Waals surface area contributed by atoms with Crippen molar-refractivity contribution in [3.8, 4) is 0 Å². The molecule has 0 atom stereocenters. The molecule has 0 spiro atoms. The number of hydrogen-bond acceptors (Lipinski definition) is 2. The molecular formula is C8H12ClN3. The Bertz CT molecular complexity index is 258. The zero-order valence-corrected chi connectivity index (χ0v) is 7.75. The van der Waals surface area contributed by atoms with E-state index in [2.05, 4.69) is 5.10 Å². The molecule has 3 nitrogen and oxygen atoms in total. The number of nitrogens with two attached hydrogens (primary N) is 1. The Hall–Kier alpha value is -0.800. The summed E-state index contributed by atoms with van der Waals surface area (Å²) in [6.45, 7) is 0.659. The molecule has 2 N–H and O–H groups in total. The van der Waals surface area contributed by atoms with Crippen LogP contribution in [0.4, 0.5) is 0 Å². The van der Waals surface area contributed by atoms with E-state index < -0.39 is 0 Å². The van der Waals surface area contributed by atoms with Crippen molar-refractivity contribution < 1.29 is 0 Å². The van der Waals surface area contributed by atoms with Crippen LogP contribution >= 0.6 is 11.6 Å². The van der Waals surface area contributed by atoms with Gasteiger partial charge in [0, 0.05) is 7.05 Å². The van der Waals surface area contributed by atoms with Gasteiger partial charge < -0.3 is 5.73 Å². The van der Waals surface area contributed by atoms with Crippen LogP contribution in [-0.4, -0.2) is 16.3 Å². The predicted molar refractivity (Wildman–Crippen MR) is 50.9 cm³/mol. The summed E-state index contributed by atoms with van der Waals surface area (Å²) in [5, 5.41) is 4.67. The lowest BCUT2D eigenvalue weighted by Gasteiger charge is -1.94. The Morgan fingerprint density at radius 1 is 1.75 bits per heavy atom. The van der Waals surface area contributed by atoms with Crippen LogP contribution in [-0.2, 0) is 7.05 Å². The van der Waals surface area contributed by atoms with Gasteiger partial charge in [-0.1, -0.05) is 17.7 Å². The smallest absolute Gasteiger partial charge is 0.0859 e. The molecule has 66 valence electrons. The van der Waals surface area contributed by atoms with Crippen LogP contribution in [0, 0.1) is 0 Å². The molecule has 0 aliphatic carbocycles. The maximum absolute atomic E-state index is 5.86. The Morgan fingerprint density at radius 3 is 3.00 bits per heavy atom. The molecule has 0 radical (unpaired) electrons. The largest absolute Gasteiger partial charge is 0.330 e. The predicted octanol–water partition coefficient (Wildman–Crippen LogP) is 1.44. The van der Waals surface area contributed by atoms with Crippen LogP contribution < -0.4 is 5.73 Å². The van der Waals surface area contributed by atoms with Gasteiger partial charge in [0.25, 0.3) is 0 Å². The van der Waals surface area contributed by atoms with Gasteiger partial charge in [-0.2, -0.15) is 5.10 Å². The number of aromatic nitrogens is 2. The Labute approximate surface area is 76.8 Å². The molecule has 0 aromatic carbocycles. The van der Waals surface area contributed by atoms with Gasteiger partial charge in [0.1, 0.15) is 0 Å². The molecule has 12 heavy (non-hydrogen) atoms. The van der Waals surface area contributed by atoms with Gasteiger partial charge in [0.15, 0.2) is 0 Å². The third-order valence-corrected chi connectivity index (χ3v) is 1.84. The molecule has 0 unspecified atom stereocenters. The SMILES string of the molecule is Cn1ncc(Cl)c1/C=C/CCN. The highest BCUT2D eigenvalue weighted by molar-refractivity contribution is 6.31. The first-order chi connectivity index (χ1) is 5.75. The second-order valence-electron chi connectivity index (χ2n) is 2.48. The molecule has 1 aromatic heterocycles. The highest BCUT2D eigenvalue weighted by Gasteiger charge is 2.00. The first kappa shape index (κ1) is 9.29. The molecule has 0 aliphatic heterocycles.